The summed E-state index contributed by atoms with van der Waals surface area (Å²) in [4.78, 5) is 14.4. The Hall–Kier alpha value is -2.23. The number of carbonyl (C=O) groups is 1. The first-order chi connectivity index (χ1) is 10.2. The second-order valence-electron chi connectivity index (χ2n) is 5.50. The van der Waals surface area contributed by atoms with Gasteiger partial charge in [-0.25, -0.2) is 0 Å². The highest BCUT2D eigenvalue weighted by Crippen LogP contribution is 2.24. The molecule has 1 N–H and O–H groups in total. The van der Waals surface area contributed by atoms with Crippen molar-refractivity contribution in [1.82, 2.24) is 5.32 Å². The van der Waals surface area contributed by atoms with E-state index in [4.69, 9.17) is 4.42 Å². The number of amides is 1. The van der Waals surface area contributed by atoms with Crippen LogP contribution in [0.3, 0.4) is 0 Å². The van der Waals surface area contributed by atoms with Crippen molar-refractivity contribution in [3.8, 4) is 0 Å². The van der Waals surface area contributed by atoms with E-state index in [-0.39, 0.29) is 11.9 Å². The normalized spacial score (nSPS) is 16.0. The standard InChI is InChI=1S/C17H20N2O2/c1-13(18-17(20)15-7-10-21-12-15)14-5-4-6-16(11-14)19-8-2-3-9-19/h4-7,10-13H,2-3,8-9H2,1H3,(H,18,20)/t13-/m1/s1. The smallest absolute Gasteiger partial charge is 0.255 e. The SMILES string of the molecule is C[C@@H](NC(=O)c1ccoc1)c1cccc(N2CCCC2)c1. The molecule has 1 saturated heterocycles. The highest BCUT2D eigenvalue weighted by atomic mass is 16.3. The van der Waals surface area contributed by atoms with Crippen LogP contribution in [0.1, 0.15) is 41.7 Å². The molecule has 0 spiro atoms. The maximum Gasteiger partial charge on any atom is 0.255 e. The molecule has 1 atom stereocenters. The van der Waals surface area contributed by atoms with Gasteiger partial charge in [-0.15, -0.1) is 0 Å². The van der Waals surface area contributed by atoms with Crippen LogP contribution in [0, 0.1) is 0 Å². The molecule has 4 heteroatoms. The van der Waals surface area contributed by atoms with Crippen molar-refractivity contribution < 1.29 is 9.21 Å². The summed E-state index contributed by atoms with van der Waals surface area (Å²) < 4.78 is 4.94. The van der Waals surface area contributed by atoms with Crippen LogP contribution in [-0.2, 0) is 0 Å². The lowest BCUT2D eigenvalue weighted by molar-refractivity contribution is 0.0939. The fourth-order valence-electron chi connectivity index (χ4n) is 2.72. The van der Waals surface area contributed by atoms with Crippen LogP contribution < -0.4 is 10.2 Å². The Morgan fingerprint density at radius 1 is 1.29 bits per heavy atom. The molecule has 1 fully saturated rings. The van der Waals surface area contributed by atoms with Crippen LogP contribution in [0.25, 0.3) is 0 Å². The molecule has 110 valence electrons. The zero-order valence-electron chi connectivity index (χ0n) is 12.2. The Balaban J connectivity index is 1.70. The number of hydrogen-bond acceptors (Lipinski definition) is 3. The predicted octanol–water partition coefficient (Wildman–Crippen LogP) is 3.37. The lowest BCUT2D eigenvalue weighted by Crippen LogP contribution is -2.26. The lowest BCUT2D eigenvalue weighted by atomic mass is 10.1. The number of rotatable bonds is 4. The minimum atomic E-state index is -0.108. The lowest BCUT2D eigenvalue weighted by Gasteiger charge is -2.20. The van der Waals surface area contributed by atoms with Crippen molar-refractivity contribution in [1.29, 1.82) is 0 Å². The number of nitrogens with zero attached hydrogens (tertiary/aromatic N) is 1. The molecule has 1 aliphatic heterocycles. The molecule has 1 amide bonds. The summed E-state index contributed by atoms with van der Waals surface area (Å²) in [6.45, 7) is 4.25. The van der Waals surface area contributed by atoms with Crippen molar-refractivity contribution in [3.63, 3.8) is 0 Å². The molecule has 1 aromatic carbocycles. The van der Waals surface area contributed by atoms with Crippen molar-refractivity contribution in [3.05, 3.63) is 54.0 Å². The number of anilines is 1. The molecule has 0 bridgehead atoms. The van der Waals surface area contributed by atoms with Gasteiger partial charge in [-0.1, -0.05) is 12.1 Å². The van der Waals surface area contributed by atoms with Crippen LogP contribution >= 0.6 is 0 Å². The van der Waals surface area contributed by atoms with Crippen LogP contribution in [0.2, 0.25) is 0 Å². The van der Waals surface area contributed by atoms with Gasteiger partial charge in [0, 0.05) is 18.8 Å². The van der Waals surface area contributed by atoms with E-state index in [9.17, 15) is 4.79 Å². The van der Waals surface area contributed by atoms with Crippen LogP contribution in [0.5, 0.6) is 0 Å². The maximum atomic E-state index is 12.0. The molecule has 0 unspecified atom stereocenters. The molecule has 1 aromatic heterocycles. The summed E-state index contributed by atoms with van der Waals surface area (Å²) in [5, 5.41) is 3.00. The van der Waals surface area contributed by atoms with E-state index in [1.54, 1.807) is 6.07 Å². The van der Waals surface area contributed by atoms with Gasteiger partial charge < -0.3 is 14.6 Å². The van der Waals surface area contributed by atoms with E-state index in [0.717, 1.165) is 18.7 Å². The molecular formula is C17H20N2O2. The Kier molecular flexibility index (Phi) is 3.95. The summed E-state index contributed by atoms with van der Waals surface area (Å²) in [5.74, 6) is -0.108. The molecule has 1 aliphatic rings. The third-order valence-corrected chi connectivity index (χ3v) is 3.97. The van der Waals surface area contributed by atoms with E-state index in [1.165, 1.54) is 31.1 Å². The molecule has 2 aromatic rings. The molecule has 2 heterocycles. The number of nitrogens with one attached hydrogen (secondary N) is 1. The highest BCUT2D eigenvalue weighted by Gasteiger charge is 2.15. The zero-order valence-corrected chi connectivity index (χ0v) is 12.2. The average molecular weight is 284 g/mol. The topological polar surface area (TPSA) is 45.5 Å². The summed E-state index contributed by atoms with van der Waals surface area (Å²) in [6, 6.07) is 10.1. The maximum absolute atomic E-state index is 12.0. The van der Waals surface area contributed by atoms with Gasteiger partial charge in [0.15, 0.2) is 0 Å². The molecule has 0 saturated carbocycles. The van der Waals surface area contributed by atoms with Gasteiger partial charge in [-0.2, -0.15) is 0 Å². The van der Waals surface area contributed by atoms with E-state index in [1.807, 2.05) is 6.92 Å². The van der Waals surface area contributed by atoms with E-state index >= 15 is 0 Å². The number of carbonyl (C=O) groups excluding carboxylic acids is 1. The quantitative estimate of drug-likeness (QED) is 0.936. The zero-order chi connectivity index (χ0) is 14.7. The third-order valence-electron chi connectivity index (χ3n) is 3.97. The Morgan fingerprint density at radius 3 is 2.81 bits per heavy atom. The van der Waals surface area contributed by atoms with Gasteiger partial charge >= 0.3 is 0 Å². The van der Waals surface area contributed by atoms with Crippen LogP contribution in [0.4, 0.5) is 5.69 Å². The molecule has 0 radical (unpaired) electrons. The van der Waals surface area contributed by atoms with Crippen LogP contribution in [0.15, 0.2) is 47.3 Å². The Bertz CT molecular complexity index is 601. The van der Waals surface area contributed by atoms with Crippen molar-refractivity contribution >= 4 is 11.6 Å². The molecule has 4 nitrogen and oxygen atoms in total. The number of furan rings is 1. The monoisotopic (exact) mass is 284 g/mol. The summed E-state index contributed by atoms with van der Waals surface area (Å²) >= 11 is 0. The Labute approximate surface area is 124 Å². The Morgan fingerprint density at radius 2 is 2.10 bits per heavy atom. The van der Waals surface area contributed by atoms with Crippen molar-refractivity contribution in [2.45, 2.75) is 25.8 Å². The fraction of sp³-hybridized carbons (Fsp3) is 0.353. The summed E-state index contributed by atoms with van der Waals surface area (Å²) in [7, 11) is 0. The largest absolute Gasteiger partial charge is 0.472 e. The van der Waals surface area contributed by atoms with E-state index in [2.05, 4.69) is 34.5 Å². The minimum Gasteiger partial charge on any atom is -0.472 e. The van der Waals surface area contributed by atoms with Crippen molar-refractivity contribution in [2.75, 3.05) is 18.0 Å². The summed E-state index contributed by atoms with van der Waals surface area (Å²) in [5.41, 5.74) is 2.92. The number of benzene rings is 1. The van der Waals surface area contributed by atoms with Gasteiger partial charge in [0.1, 0.15) is 6.26 Å². The molecular weight excluding hydrogens is 264 g/mol. The highest BCUT2D eigenvalue weighted by molar-refractivity contribution is 5.94. The van der Waals surface area contributed by atoms with Crippen LogP contribution in [-0.4, -0.2) is 19.0 Å². The molecule has 21 heavy (non-hydrogen) atoms. The first-order valence-corrected chi connectivity index (χ1v) is 7.42. The third kappa shape index (κ3) is 3.10. The van der Waals surface area contributed by atoms with Gasteiger partial charge in [-0.3, -0.25) is 4.79 Å². The fourth-order valence-corrected chi connectivity index (χ4v) is 2.72. The van der Waals surface area contributed by atoms with Gasteiger partial charge in [-0.05, 0) is 43.5 Å². The minimum absolute atomic E-state index is 0.0325. The van der Waals surface area contributed by atoms with Gasteiger partial charge in [0.05, 0.1) is 17.9 Å². The molecule has 0 aliphatic carbocycles. The van der Waals surface area contributed by atoms with Gasteiger partial charge in [0.2, 0.25) is 0 Å². The first-order valence-electron chi connectivity index (χ1n) is 7.42. The van der Waals surface area contributed by atoms with E-state index in [0.29, 0.717) is 5.56 Å². The van der Waals surface area contributed by atoms with Crippen molar-refractivity contribution in [2.24, 2.45) is 0 Å². The second kappa shape index (κ2) is 6.04. The van der Waals surface area contributed by atoms with Gasteiger partial charge in [0.25, 0.3) is 5.91 Å². The first kappa shape index (κ1) is 13.7. The predicted molar refractivity (Wildman–Crippen MR) is 82.5 cm³/mol. The number of hydrogen-bond donors (Lipinski definition) is 1. The second-order valence-corrected chi connectivity index (χ2v) is 5.50. The average Bonchev–Trinajstić information content (AvgIpc) is 3.20. The molecule has 3 rings (SSSR count). The van der Waals surface area contributed by atoms with E-state index < -0.39 is 0 Å². The summed E-state index contributed by atoms with van der Waals surface area (Å²) in [6.07, 6.45) is 5.49.